The third-order valence-electron chi connectivity index (χ3n) is 3.22. The minimum atomic E-state index is -0.476. The van der Waals surface area contributed by atoms with E-state index >= 15 is 0 Å². The third-order valence-corrected chi connectivity index (χ3v) is 3.22. The van der Waals surface area contributed by atoms with Gasteiger partial charge >= 0.3 is 0 Å². The van der Waals surface area contributed by atoms with Gasteiger partial charge in [-0.05, 0) is 33.8 Å². The fourth-order valence-corrected chi connectivity index (χ4v) is 2.04. The maximum Gasteiger partial charge on any atom is 0.0781 e. The summed E-state index contributed by atoms with van der Waals surface area (Å²) in [4.78, 5) is 0. The van der Waals surface area contributed by atoms with Crippen molar-refractivity contribution in [3.63, 3.8) is 0 Å². The van der Waals surface area contributed by atoms with Gasteiger partial charge in [-0.2, -0.15) is 5.10 Å². The van der Waals surface area contributed by atoms with Crippen LogP contribution in [-0.2, 0) is 12.1 Å². The lowest BCUT2D eigenvalue weighted by molar-refractivity contribution is 0.200. The number of para-hydroxylation sites is 1. The molecule has 1 unspecified atom stereocenters. The molecular weight excluding hydrogens is 250 g/mol. The summed E-state index contributed by atoms with van der Waals surface area (Å²) in [6.45, 7) is 8.85. The van der Waals surface area contributed by atoms with Gasteiger partial charge in [-0.3, -0.25) is 4.68 Å². The van der Waals surface area contributed by atoms with Crippen LogP contribution in [0.3, 0.4) is 0 Å². The van der Waals surface area contributed by atoms with Crippen molar-refractivity contribution in [3.05, 3.63) is 47.8 Å². The standard InChI is InChI=1S/C16H23N3O/c1-12(20)14-7-5-6-8-15(14)17-9-13-10-18-19(11-13)16(2,3)4/h5-8,10-12,17,20H,9H2,1-4H3. The maximum atomic E-state index is 9.76. The molecule has 0 aliphatic carbocycles. The second-order valence-corrected chi connectivity index (χ2v) is 6.08. The van der Waals surface area contributed by atoms with Crippen LogP contribution >= 0.6 is 0 Å². The molecule has 1 aromatic carbocycles. The van der Waals surface area contributed by atoms with E-state index in [4.69, 9.17) is 0 Å². The quantitative estimate of drug-likeness (QED) is 0.898. The zero-order chi connectivity index (χ0) is 14.8. The Kier molecular flexibility index (Phi) is 4.14. The molecule has 2 rings (SSSR count). The van der Waals surface area contributed by atoms with Crippen molar-refractivity contribution in [2.75, 3.05) is 5.32 Å². The van der Waals surface area contributed by atoms with Gasteiger partial charge in [0.1, 0.15) is 0 Å². The second kappa shape index (κ2) is 5.67. The molecule has 1 atom stereocenters. The molecular formula is C16H23N3O. The largest absolute Gasteiger partial charge is 0.389 e. The zero-order valence-corrected chi connectivity index (χ0v) is 12.6. The molecule has 0 aliphatic rings. The molecule has 108 valence electrons. The van der Waals surface area contributed by atoms with Crippen LogP contribution in [0.4, 0.5) is 5.69 Å². The van der Waals surface area contributed by atoms with Crippen LogP contribution in [0.2, 0.25) is 0 Å². The van der Waals surface area contributed by atoms with Crippen LogP contribution in [0.5, 0.6) is 0 Å². The fraction of sp³-hybridized carbons (Fsp3) is 0.438. The van der Waals surface area contributed by atoms with E-state index in [1.165, 1.54) is 0 Å². The first-order valence-corrected chi connectivity index (χ1v) is 6.93. The molecule has 4 nitrogen and oxygen atoms in total. The first kappa shape index (κ1) is 14.6. The SMILES string of the molecule is CC(O)c1ccccc1NCc1cnn(C(C)(C)C)c1. The number of nitrogens with one attached hydrogen (secondary N) is 1. The van der Waals surface area contributed by atoms with E-state index in [2.05, 4.69) is 37.4 Å². The van der Waals surface area contributed by atoms with E-state index < -0.39 is 6.10 Å². The highest BCUT2D eigenvalue weighted by atomic mass is 16.3. The Morgan fingerprint density at radius 3 is 2.60 bits per heavy atom. The van der Waals surface area contributed by atoms with E-state index in [1.54, 1.807) is 6.92 Å². The monoisotopic (exact) mass is 273 g/mol. The van der Waals surface area contributed by atoms with Crippen molar-refractivity contribution in [3.8, 4) is 0 Å². The molecule has 4 heteroatoms. The van der Waals surface area contributed by atoms with Gasteiger partial charge in [0.2, 0.25) is 0 Å². The van der Waals surface area contributed by atoms with E-state index in [1.807, 2.05) is 35.1 Å². The van der Waals surface area contributed by atoms with Gasteiger partial charge in [0, 0.05) is 29.6 Å². The topological polar surface area (TPSA) is 50.1 Å². The normalized spacial score (nSPS) is 13.2. The summed E-state index contributed by atoms with van der Waals surface area (Å²) in [5, 5.41) is 17.5. The van der Waals surface area contributed by atoms with Crippen LogP contribution in [-0.4, -0.2) is 14.9 Å². The number of nitrogens with zero attached hydrogens (tertiary/aromatic N) is 2. The Balaban J connectivity index is 2.08. The van der Waals surface area contributed by atoms with Crippen LogP contribution in [0, 0.1) is 0 Å². The highest BCUT2D eigenvalue weighted by Gasteiger charge is 2.14. The zero-order valence-electron chi connectivity index (χ0n) is 12.6. The minimum absolute atomic E-state index is 0.00420. The number of rotatable bonds is 4. The number of hydrogen-bond donors (Lipinski definition) is 2. The van der Waals surface area contributed by atoms with Crippen molar-refractivity contribution >= 4 is 5.69 Å². The Hall–Kier alpha value is -1.81. The van der Waals surface area contributed by atoms with Crippen LogP contribution in [0.25, 0.3) is 0 Å². The smallest absolute Gasteiger partial charge is 0.0781 e. The van der Waals surface area contributed by atoms with Gasteiger partial charge in [0.05, 0.1) is 17.8 Å². The van der Waals surface area contributed by atoms with Crippen LogP contribution in [0.15, 0.2) is 36.7 Å². The predicted octanol–water partition coefficient (Wildman–Crippen LogP) is 3.30. The Morgan fingerprint density at radius 1 is 1.30 bits per heavy atom. The van der Waals surface area contributed by atoms with Crippen molar-refractivity contribution in [1.29, 1.82) is 0 Å². The number of hydrogen-bond acceptors (Lipinski definition) is 3. The summed E-state index contributed by atoms with van der Waals surface area (Å²) in [7, 11) is 0. The molecule has 0 amide bonds. The summed E-state index contributed by atoms with van der Waals surface area (Å²) >= 11 is 0. The molecule has 0 spiro atoms. The Labute approximate surface area is 120 Å². The van der Waals surface area contributed by atoms with Gasteiger partial charge in [0.15, 0.2) is 0 Å². The Morgan fingerprint density at radius 2 is 2.00 bits per heavy atom. The van der Waals surface area contributed by atoms with Crippen molar-refractivity contribution in [2.24, 2.45) is 0 Å². The molecule has 0 aliphatic heterocycles. The number of aliphatic hydroxyl groups excluding tert-OH is 1. The first-order valence-electron chi connectivity index (χ1n) is 6.93. The molecule has 2 aromatic rings. The van der Waals surface area contributed by atoms with E-state index in [-0.39, 0.29) is 5.54 Å². The molecule has 2 N–H and O–H groups in total. The number of aliphatic hydroxyl groups is 1. The summed E-state index contributed by atoms with van der Waals surface area (Å²) in [6, 6.07) is 7.82. The molecule has 0 bridgehead atoms. The molecule has 0 fully saturated rings. The van der Waals surface area contributed by atoms with Gasteiger partial charge in [-0.25, -0.2) is 0 Å². The van der Waals surface area contributed by atoms with Crippen molar-refractivity contribution < 1.29 is 5.11 Å². The number of anilines is 1. The van der Waals surface area contributed by atoms with Gasteiger partial charge in [0.25, 0.3) is 0 Å². The van der Waals surface area contributed by atoms with Crippen molar-refractivity contribution in [1.82, 2.24) is 9.78 Å². The second-order valence-electron chi connectivity index (χ2n) is 6.08. The first-order chi connectivity index (χ1) is 9.38. The lowest BCUT2D eigenvalue weighted by Crippen LogP contribution is -2.22. The molecule has 0 radical (unpaired) electrons. The van der Waals surface area contributed by atoms with Crippen molar-refractivity contribution in [2.45, 2.75) is 45.9 Å². The lowest BCUT2D eigenvalue weighted by Gasteiger charge is -2.18. The van der Waals surface area contributed by atoms with Gasteiger partial charge in [-0.15, -0.1) is 0 Å². The molecule has 1 heterocycles. The highest BCUT2D eigenvalue weighted by Crippen LogP contribution is 2.23. The molecule has 0 saturated heterocycles. The van der Waals surface area contributed by atoms with E-state index in [9.17, 15) is 5.11 Å². The average Bonchev–Trinajstić information content (AvgIpc) is 2.85. The van der Waals surface area contributed by atoms with Gasteiger partial charge in [-0.1, -0.05) is 18.2 Å². The predicted molar refractivity (Wildman–Crippen MR) is 81.6 cm³/mol. The molecule has 1 aromatic heterocycles. The number of benzene rings is 1. The lowest BCUT2D eigenvalue weighted by atomic mass is 10.1. The van der Waals surface area contributed by atoms with Gasteiger partial charge < -0.3 is 10.4 Å². The fourth-order valence-electron chi connectivity index (χ4n) is 2.04. The summed E-state index contributed by atoms with van der Waals surface area (Å²) in [6.07, 6.45) is 3.46. The molecule has 20 heavy (non-hydrogen) atoms. The average molecular weight is 273 g/mol. The third kappa shape index (κ3) is 3.39. The Bertz CT molecular complexity index is 567. The minimum Gasteiger partial charge on any atom is -0.389 e. The summed E-state index contributed by atoms with van der Waals surface area (Å²) in [5.74, 6) is 0. The van der Waals surface area contributed by atoms with E-state index in [0.29, 0.717) is 6.54 Å². The maximum absolute atomic E-state index is 9.76. The number of aromatic nitrogens is 2. The molecule has 0 saturated carbocycles. The van der Waals surface area contributed by atoms with E-state index in [0.717, 1.165) is 16.8 Å². The van der Waals surface area contributed by atoms with Crippen LogP contribution < -0.4 is 5.32 Å². The highest BCUT2D eigenvalue weighted by molar-refractivity contribution is 5.52. The summed E-state index contributed by atoms with van der Waals surface area (Å²) < 4.78 is 1.96. The van der Waals surface area contributed by atoms with Crippen LogP contribution in [0.1, 0.15) is 44.9 Å². The summed E-state index contributed by atoms with van der Waals surface area (Å²) in [5.41, 5.74) is 3.00.